The molecule has 1 amide bonds. The Labute approximate surface area is 168 Å². The van der Waals surface area contributed by atoms with Crippen LogP contribution in [0.3, 0.4) is 0 Å². The first-order valence-electron chi connectivity index (χ1n) is 7.61. The maximum atomic E-state index is 14.2. The highest BCUT2D eigenvalue weighted by molar-refractivity contribution is 7.93. The predicted molar refractivity (Wildman–Crippen MR) is 99.5 cm³/mol. The lowest BCUT2D eigenvalue weighted by Gasteiger charge is -2.09. The number of carboxylic acid groups (broad SMARTS) is 1. The molecule has 0 unspecified atom stereocenters. The number of hydrogen-bond acceptors (Lipinski definition) is 7. The van der Waals surface area contributed by atoms with E-state index in [1.165, 1.54) is 43.7 Å². The molecular weight excluding hydrogens is 431 g/mol. The first-order valence-corrected chi connectivity index (χ1v) is 10.3. The van der Waals surface area contributed by atoms with Crippen molar-refractivity contribution < 1.29 is 22.7 Å². The van der Waals surface area contributed by atoms with E-state index in [1.54, 1.807) is 0 Å². The third-order valence-corrected chi connectivity index (χ3v) is 7.11. The lowest BCUT2D eigenvalue weighted by Crippen LogP contribution is -2.23. The number of pyridine rings is 2. The zero-order valence-corrected chi connectivity index (χ0v) is 16.6. The average molecular weight is 443 g/mol. The van der Waals surface area contributed by atoms with Gasteiger partial charge in [-0.15, -0.1) is 11.3 Å². The van der Waals surface area contributed by atoms with E-state index in [1.807, 2.05) is 0 Å². The lowest BCUT2D eigenvalue weighted by atomic mass is 10.2. The van der Waals surface area contributed by atoms with Gasteiger partial charge in [0.1, 0.15) is 15.9 Å². The summed E-state index contributed by atoms with van der Waals surface area (Å²) in [4.78, 5) is 23.3. The molecule has 0 aliphatic rings. The number of nitrogens with zero attached hydrogens (tertiary/aromatic N) is 4. The SMILES string of the molecule is CN(Cc1nc(-c2cccnc2F)c(S(=O)(=O)c2ccnc(Cl)c2)s1)C(=O)O. The van der Waals surface area contributed by atoms with Gasteiger partial charge in [0.05, 0.1) is 17.0 Å². The van der Waals surface area contributed by atoms with Crippen LogP contribution >= 0.6 is 22.9 Å². The molecule has 28 heavy (non-hydrogen) atoms. The molecule has 3 aromatic rings. The van der Waals surface area contributed by atoms with Gasteiger partial charge in [-0.25, -0.2) is 28.2 Å². The van der Waals surface area contributed by atoms with E-state index in [-0.39, 0.29) is 37.1 Å². The summed E-state index contributed by atoms with van der Waals surface area (Å²) in [6, 6.07) is 5.22. The summed E-state index contributed by atoms with van der Waals surface area (Å²) in [6.07, 6.45) is 1.25. The second kappa shape index (κ2) is 7.78. The van der Waals surface area contributed by atoms with Crippen LogP contribution in [0.1, 0.15) is 5.01 Å². The molecule has 3 aromatic heterocycles. The predicted octanol–water partition coefficient (Wildman–Crippen LogP) is 3.34. The third kappa shape index (κ3) is 3.96. The maximum absolute atomic E-state index is 14.2. The number of thiazole rings is 1. The Bertz CT molecular complexity index is 1150. The minimum absolute atomic E-state index is 0.0227. The number of sulfone groups is 1. The first-order chi connectivity index (χ1) is 13.2. The van der Waals surface area contributed by atoms with E-state index in [2.05, 4.69) is 15.0 Å². The quantitative estimate of drug-likeness (QED) is 0.603. The highest BCUT2D eigenvalue weighted by Crippen LogP contribution is 2.37. The van der Waals surface area contributed by atoms with E-state index in [0.29, 0.717) is 0 Å². The van der Waals surface area contributed by atoms with Crippen LogP contribution in [0.5, 0.6) is 0 Å². The van der Waals surface area contributed by atoms with Crippen LogP contribution in [0.2, 0.25) is 5.15 Å². The van der Waals surface area contributed by atoms with Crippen molar-refractivity contribution >= 4 is 38.9 Å². The van der Waals surface area contributed by atoms with Crippen LogP contribution in [-0.2, 0) is 16.4 Å². The van der Waals surface area contributed by atoms with Gasteiger partial charge in [-0.3, -0.25) is 0 Å². The fourth-order valence-electron chi connectivity index (χ4n) is 2.26. The number of carbonyl (C=O) groups is 1. The van der Waals surface area contributed by atoms with Crippen molar-refractivity contribution in [1.29, 1.82) is 0 Å². The molecule has 0 radical (unpaired) electrons. The number of hydrogen-bond donors (Lipinski definition) is 1. The zero-order valence-electron chi connectivity index (χ0n) is 14.2. The Morgan fingerprint density at radius 3 is 2.71 bits per heavy atom. The molecule has 1 N–H and O–H groups in total. The largest absolute Gasteiger partial charge is 0.465 e. The van der Waals surface area contributed by atoms with E-state index in [4.69, 9.17) is 16.7 Å². The van der Waals surface area contributed by atoms with Crippen LogP contribution in [0.25, 0.3) is 11.3 Å². The third-order valence-electron chi connectivity index (χ3n) is 3.61. The molecule has 0 fully saturated rings. The summed E-state index contributed by atoms with van der Waals surface area (Å²) in [5, 5.41) is 9.20. The van der Waals surface area contributed by atoms with E-state index in [9.17, 15) is 17.6 Å². The lowest BCUT2D eigenvalue weighted by molar-refractivity contribution is 0.153. The first kappa shape index (κ1) is 20.1. The average Bonchev–Trinajstić information content (AvgIpc) is 3.06. The number of halogens is 2. The standard InChI is InChI=1S/C16H12ClFN4O4S2/c1-22(16(23)24)8-12-21-13(10-3-2-5-20-14(10)18)15(27-12)28(25,26)9-4-6-19-11(17)7-9/h2-7H,8H2,1H3,(H,23,24). The Hall–Kier alpha value is -2.63. The highest BCUT2D eigenvalue weighted by Gasteiger charge is 2.29. The Morgan fingerprint density at radius 2 is 2.07 bits per heavy atom. The van der Waals surface area contributed by atoms with Crippen LogP contribution < -0.4 is 0 Å². The van der Waals surface area contributed by atoms with Crippen LogP contribution in [0.15, 0.2) is 45.8 Å². The Kier molecular flexibility index (Phi) is 5.59. The molecular formula is C16H12ClFN4O4S2. The molecule has 146 valence electrons. The normalized spacial score (nSPS) is 11.4. The Balaban J connectivity index is 2.20. The topological polar surface area (TPSA) is 113 Å². The molecule has 3 rings (SSSR count). The van der Waals surface area contributed by atoms with Gasteiger partial charge in [0.15, 0.2) is 4.21 Å². The molecule has 0 aliphatic carbocycles. The molecule has 0 saturated carbocycles. The highest BCUT2D eigenvalue weighted by atomic mass is 35.5. The Morgan fingerprint density at radius 1 is 1.32 bits per heavy atom. The minimum Gasteiger partial charge on any atom is -0.465 e. The van der Waals surface area contributed by atoms with Gasteiger partial charge in [0, 0.05) is 19.4 Å². The van der Waals surface area contributed by atoms with Gasteiger partial charge in [0.25, 0.3) is 0 Å². The van der Waals surface area contributed by atoms with Crippen molar-refractivity contribution in [3.05, 3.63) is 52.8 Å². The molecule has 12 heteroatoms. The van der Waals surface area contributed by atoms with Gasteiger partial charge in [-0.05, 0) is 24.3 Å². The van der Waals surface area contributed by atoms with Gasteiger partial charge >= 0.3 is 6.09 Å². The molecule has 0 atom stereocenters. The molecule has 3 heterocycles. The van der Waals surface area contributed by atoms with Crippen molar-refractivity contribution in [2.45, 2.75) is 15.6 Å². The fourth-order valence-corrected chi connectivity index (χ4v) is 5.51. The number of rotatable bonds is 5. The molecule has 0 spiro atoms. The molecule has 0 aromatic carbocycles. The van der Waals surface area contributed by atoms with Gasteiger partial charge in [0.2, 0.25) is 15.8 Å². The summed E-state index contributed by atoms with van der Waals surface area (Å²) < 4.78 is 40.3. The fraction of sp³-hybridized carbons (Fsp3) is 0.125. The van der Waals surface area contributed by atoms with Gasteiger partial charge in [-0.2, -0.15) is 4.39 Å². The molecule has 0 aliphatic heterocycles. The van der Waals surface area contributed by atoms with Crippen LogP contribution in [0.4, 0.5) is 9.18 Å². The van der Waals surface area contributed by atoms with Gasteiger partial charge in [-0.1, -0.05) is 11.6 Å². The zero-order chi connectivity index (χ0) is 20.5. The maximum Gasteiger partial charge on any atom is 0.407 e. The van der Waals surface area contributed by atoms with Crippen molar-refractivity contribution in [3.63, 3.8) is 0 Å². The summed E-state index contributed by atoms with van der Waals surface area (Å²) >= 11 is 6.55. The summed E-state index contributed by atoms with van der Waals surface area (Å²) in [5.41, 5.74) is -0.251. The van der Waals surface area contributed by atoms with E-state index >= 15 is 0 Å². The monoisotopic (exact) mass is 442 g/mol. The molecule has 0 bridgehead atoms. The summed E-state index contributed by atoms with van der Waals surface area (Å²) in [5.74, 6) is -0.893. The summed E-state index contributed by atoms with van der Waals surface area (Å²) in [7, 11) is -2.81. The second-order valence-electron chi connectivity index (χ2n) is 5.54. The molecule has 0 saturated heterocycles. The van der Waals surface area contributed by atoms with E-state index < -0.39 is 21.9 Å². The van der Waals surface area contributed by atoms with Crippen molar-refractivity contribution in [2.75, 3.05) is 7.05 Å². The number of amides is 1. The van der Waals surface area contributed by atoms with Crippen LogP contribution in [-0.4, -0.2) is 46.5 Å². The van der Waals surface area contributed by atoms with Crippen molar-refractivity contribution in [1.82, 2.24) is 19.9 Å². The summed E-state index contributed by atoms with van der Waals surface area (Å²) in [6.45, 7) is -0.165. The van der Waals surface area contributed by atoms with Crippen molar-refractivity contribution in [3.8, 4) is 11.3 Å². The van der Waals surface area contributed by atoms with E-state index in [0.717, 1.165) is 16.2 Å². The number of aromatic nitrogens is 3. The van der Waals surface area contributed by atoms with Crippen LogP contribution in [0, 0.1) is 5.95 Å². The minimum atomic E-state index is -4.12. The molecule has 8 nitrogen and oxygen atoms in total. The van der Waals surface area contributed by atoms with Crippen molar-refractivity contribution in [2.24, 2.45) is 0 Å². The second-order valence-corrected chi connectivity index (χ2v) is 9.16. The van der Waals surface area contributed by atoms with Gasteiger partial charge < -0.3 is 10.0 Å². The smallest absolute Gasteiger partial charge is 0.407 e.